The largest absolute Gasteiger partial charge is 0.384 e. The number of aromatic nitrogens is 2. The summed E-state index contributed by atoms with van der Waals surface area (Å²) in [6, 6.07) is 12.2. The van der Waals surface area contributed by atoms with Crippen molar-refractivity contribution in [3.63, 3.8) is 0 Å². The lowest BCUT2D eigenvalue weighted by Gasteiger charge is -2.33. The summed E-state index contributed by atoms with van der Waals surface area (Å²) < 4.78 is 13.9. The number of benzene rings is 2. The first-order valence-electron chi connectivity index (χ1n) is 8.36. The molecule has 1 aliphatic heterocycles. The molecule has 0 amide bonds. The quantitative estimate of drug-likeness (QED) is 0.742. The first kappa shape index (κ1) is 16.3. The molecule has 0 fully saturated rings. The summed E-state index contributed by atoms with van der Waals surface area (Å²) in [4.78, 5) is 22.5. The molecule has 132 valence electrons. The fourth-order valence-corrected chi connectivity index (χ4v) is 3.54. The minimum Gasteiger partial charge on any atom is -0.384 e. The molecule has 3 N–H and O–H groups in total. The normalized spacial score (nSPS) is 16.8. The number of rotatable bonds is 2. The number of anilines is 1. The molecule has 6 heteroatoms. The highest BCUT2D eigenvalue weighted by Crippen LogP contribution is 2.40. The molecule has 1 aromatic heterocycles. The lowest BCUT2D eigenvalue weighted by molar-refractivity contribution is -0.116. The Kier molecular flexibility index (Phi) is 3.41. The molecule has 0 aliphatic carbocycles. The molecule has 26 heavy (non-hydrogen) atoms. The van der Waals surface area contributed by atoms with E-state index < -0.39 is 5.54 Å². The predicted octanol–water partition coefficient (Wildman–Crippen LogP) is 3.51. The standard InChI is InChI=1S/C20H19FN4O/c1-11-8-12(21)10-13(9-11)25-18(22)16(17(26)20(25,2)3)19-23-14-6-4-5-7-15(14)24-19/h4-10H,22H2,1-3H3,(H,23,24). The molecule has 2 aromatic carbocycles. The maximum absolute atomic E-state index is 13.9. The van der Waals surface area contributed by atoms with Gasteiger partial charge in [0, 0.05) is 5.69 Å². The van der Waals surface area contributed by atoms with Crippen LogP contribution in [0.2, 0.25) is 0 Å². The Hall–Kier alpha value is -3.15. The molecule has 3 aromatic rings. The third kappa shape index (κ3) is 2.29. The van der Waals surface area contributed by atoms with E-state index in [1.54, 1.807) is 25.7 Å². The van der Waals surface area contributed by atoms with Crippen LogP contribution >= 0.6 is 0 Å². The number of hydrogen-bond acceptors (Lipinski definition) is 4. The van der Waals surface area contributed by atoms with Crippen LogP contribution in [0.5, 0.6) is 0 Å². The highest BCUT2D eigenvalue weighted by Gasteiger charge is 2.47. The van der Waals surface area contributed by atoms with Gasteiger partial charge < -0.3 is 15.6 Å². The topological polar surface area (TPSA) is 75.0 Å². The van der Waals surface area contributed by atoms with Crippen molar-refractivity contribution in [3.05, 3.63) is 65.5 Å². The fraction of sp³-hybridized carbons (Fsp3) is 0.200. The van der Waals surface area contributed by atoms with E-state index in [2.05, 4.69) is 9.97 Å². The van der Waals surface area contributed by atoms with E-state index in [4.69, 9.17) is 5.73 Å². The molecule has 0 spiro atoms. The molecule has 1 aliphatic rings. The summed E-state index contributed by atoms with van der Waals surface area (Å²) in [6.45, 7) is 5.35. The number of H-pyrrole nitrogens is 1. The summed E-state index contributed by atoms with van der Waals surface area (Å²) in [7, 11) is 0. The van der Waals surface area contributed by atoms with E-state index in [1.807, 2.05) is 30.3 Å². The number of Topliss-reactive ketones (excluding diaryl/α,β-unsaturated/α-hetero) is 1. The van der Waals surface area contributed by atoms with Crippen LogP contribution in [0.4, 0.5) is 10.1 Å². The number of para-hydroxylation sites is 2. The van der Waals surface area contributed by atoms with Gasteiger partial charge in [-0.05, 0) is 56.7 Å². The fourth-order valence-electron chi connectivity index (χ4n) is 3.54. The Bertz CT molecular complexity index is 1030. The number of imidazole rings is 1. The van der Waals surface area contributed by atoms with E-state index in [0.717, 1.165) is 16.6 Å². The molecular weight excluding hydrogens is 331 g/mol. The number of hydrogen-bond donors (Lipinski definition) is 2. The Morgan fingerprint density at radius 3 is 2.62 bits per heavy atom. The SMILES string of the molecule is Cc1cc(F)cc(N2C(N)=C(c3nc4ccccc4[nH]3)C(=O)C2(C)C)c1. The van der Waals surface area contributed by atoms with E-state index in [1.165, 1.54) is 12.1 Å². The first-order chi connectivity index (χ1) is 12.3. The van der Waals surface area contributed by atoms with Gasteiger partial charge >= 0.3 is 0 Å². The van der Waals surface area contributed by atoms with Crippen LogP contribution in [0, 0.1) is 12.7 Å². The molecule has 0 unspecified atom stereocenters. The monoisotopic (exact) mass is 350 g/mol. The van der Waals surface area contributed by atoms with Gasteiger partial charge in [0.25, 0.3) is 0 Å². The van der Waals surface area contributed by atoms with Crippen molar-refractivity contribution in [1.29, 1.82) is 0 Å². The van der Waals surface area contributed by atoms with Crippen LogP contribution in [0.15, 0.2) is 48.3 Å². The average molecular weight is 350 g/mol. The van der Waals surface area contributed by atoms with Crippen LogP contribution in [0.3, 0.4) is 0 Å². The number of nitrogens with zero attached hydrogens (tertiary/aromatic N) is 2. The molecule has 0 atom stereocenters. The van der Waals surface area contributed by atoms with E-state index in [0.29, 0.717) is 17.1 Å². The minimum absolute atomic E-state index is 0.157. The second kappa shape index (κ2) is 5.42. The summed E-state index contributed by atoms with van der Waals surface area (Å²) in [5.41, 5.74) is 8.65. The second-order valence-electron chi connectivity index (χ2n) is 7.07. The molecule has 4 rings (SSSR count). The second-order valence-corrected chi connectivity index (χ2v) is 7.07. The average Bonchev–Trinajstić information content (AvgIpc) is 3.03. The van der Waals surface area contributed by atoms with Gasteiger partial charge in [-0.2, -0.15) is 0 Å². The Morgan fingerprint density at radius 2 is 1.92 bits per heavy atom. The van der Waals surface area contributed by atoms with Crippen molar-refractivity contribution in [3.8, 4) is 0 Å². The smallest absolute Gasteiger partial charge is 0.195 e. The summed E-state index contributed by atoms with van der Waals surface area (Å²) >= 11 is 0. The molecular formula is C20H19FN4O. The third-order valence-corrected chi connectivity index (χ3v) is 4.75. The molecule has 0 bridgehead atoms. The van der Waals surface area contributed by atoms with Gasteiger partial charge in [0.15, 0.2) is 5.78 Å². The van der Waals surface area contributed by atoms with Gasteiger partial charge in [-0.3, -0.25) is 4.79 Å². The van der Waals surface area contributed by atoms with Crippen LogP contribution in [0.25, 0.3) is 16.6 Å². The summed E-state index contributed by atoms with van der Waals surface area (Å²) in [5, 5.41) is 0. The number of nitrogens with two attached hydrogens (primary N) is 1. The van der Waals surface area contributed by atoms with Crippen LogP contribution in [0.1, 0.15) is 25.2 Å². The number of nitrogens with one attached hydrogen (secondary N) is 1. The maximum Gasteiger partial charge on any atom is 0.195 e. The van der Waals surface area contributed by atoms with Gasteiger partial charge in [0.2, 0.25) is 0 Å². The number of carbonyl (C=O) groups excluding carboxylic acids is 1. The van der Waals surface area contributed by atoms with Gasteiger partial charge in [-0.25, -0.2) is 9.37 Å². The van der Waals surface area contributed by atoms with E-state index in [9.17, 15) is 9.18 Å². The number of ketones is 1. The number of halogens is 1. The highest BCUT2D eigenvalue weighted by molar-refractivity contribution is 6.29. The molecule has 0 saturated carbocycles. The van der Waals surface area contributed by atoms with Crippen LogP contribution in [-0.4, -0.2) is 21.3 Å². The Morgan fingerprint density at radius 1 is 1.19 bits per heavy atom. The van der Waals surface area contributed by atoms with Gasteiger partial charge in [0.1, 0.15) is 28.6 Å². The minimum atomic E-state index is -0.946. The lowest BCUT2D eigenvalue weighted by atomic mass is 9.95. The number of carbonyl (C=O) groups is 1. The molecule has 0 saturated heterocycles. The number of aromatic amines is 1. The zero-order valence-electron chi connectivity index (χ0n) is 14.8. The van der Waals surface area contributed by atoms with Crippen LogP contribution < -0.4 is 10.6 Å². The van der Waals surface area contributed by atoms with Crippen molar-refractivity contribution in [2.45, 2.75) is 26.3 Å². The summed E-state index contributed by atoms with van der Waals surface area (Å²) in [5.74, 6) is 0.172. The van der Waals surface area contributed by atoms with Crippen molar-refractivity contribution >= 4 is 28.1 Å². The van der Waals surface area contributed by atoms with Crippen molar-refractivity contribution in [1.82, 2.24) is 9.97 Å². The van der Waals surface area contributed by atoms with Crippen molar-refractivity contribution in [2.24, 2.45) is 5.73 Å². The van der Waals surface area contributed by atoms with E-state index >= 15 is 0 Å². The summed E-state index contributed by atoms with van der Waals surface area (Å²) in [6.07, 6.45) is 0. The maximum atomic E-state index is 13.9. The third-order valence-electron chi connectivity index (χ3n) is 4.75. The van der Waals surface area contributed by atoms with Gasteiger partial charge in [-0.15, -0.1) is 0 Å². The highest BCUT2D eigenvalue weighted by atomic mass is 19.1. The van der Waals surface area contributed by atoms with Gasteiger partial charge in [0.05, 0.1) is 11.0 Å². The first-order valence-corrected chi connectivity index (χ1v) is 8.36. The number of fused-ring (bicyclic) bond motifs is 1. The molecule has 2 heterocycles. The van der Waals surface area contributed by atoms with Gasteiger partial charge in [-0.1, -0.05) is 12.1 Å². The Labute approximate surface area is 150 Å². The predicted molar refractivity (Wildman–Crippen MR) is 99.9 cm³/mol. The van der Waals surface area contributed by atoms with E-state index in [-0.39, 0.29) is 17.4 Å². The van der Waals surface area contributed by atoms with Crippen molar-refractivity contribution in [2.75, 3.05) is 4.90 Å². The Balaban J connectivity index is 1.91. The molecule has 5 nitrogen and oxygen atoms in total. The van der Waals surface area contributed by atoms with Crippen molar-refractivity contribution < 1.29 is 9.18 Å². The zero-order chi connectivity index (χ0) is 18.6. The zero-order valence-corrected chi connectivity index (χ0v) is 14.8. The lowest BCUT2D eigenvalue weighted by Crippen LogP contribution is -2.45. The number of aryl methyl sites for hydroxylation is 1. The van der Waals surface area contributed by atoms with Crippen LogP contribution in [-0.2, 0) is 4.79 Å². The molecule has 0 radical (unpaired) electrons.